The largest absolute Gasteiger partial charge is 0.416 e. The summed E-state index contributed by atoms with van der Waals surface area (Å²) in [5.74, 6) is -1.47. The van der Waals surface area contributed by atoms with E-state index < -0.39 is 41.3 Å². The molecule has 0 bridgehead atoms. The van der Waals surface area contributed by atoms with Gasteiger partial charge < -0.3 is 4.90 Å². The van der Waals surface area contributed by atoms with Gasteiger partial charge >= 0.3 is 6.18 Å². The molecule has 0 spiro atoms. The zero-order chi connectivity index (χ0) is 24.1. The smallest absolute Gasteiger partial charge is 0.337 e. The summed E-state index contributed by atoms with van der Waals surface area (Å²) in [7, 11) is 1.57. The van der Waals surface area contributed by atoms with E-state index in [1.165, 1.54) is 28.4 Å². The summed E-state index contributed by atoms with van der Waals surface area (Å²) in [4.78, 5) is 46.6. The highest BCUT2D eigenvalue weighted by molar-refractivity contribution is 7.09. The van der Waals surface area contributed by atoms with Gasteiger partial charge in [-0.2, -0.15) is 13.2 Å². The molecule has 1 saturated carbocycles. The Bertz CT molecular complexity index is 1110. The van der Waals surface area contributed by atoms with Gasteiger partial charge in [0.05, 0.1) is 17.0 Å². The molecule has 2 aliphatic rings. The van der Waals surface area contributed by atoms with Crippen LogP contribution < -0.4 is 0 Å². The molecular weight excluding hydrogens is 455 g/mol. The van der Waals surface area contributed by atoms with Crippen LogP contribution in [0.1, 0.15) is 60.5 Å². The number of aryl methyl sites for hydroxylation is 1. The van der Waals surface area contributed by atoms with Gasteiger partial charge in [-0.05, 0) is 38.3 Å². The van der Waals surface area contributed by atoms with Crippen molar-refractivity contribution in [1.82, 2.24) is 14.8 Å². The van der Waals surface area contributed by atoms with Crippen LogP contribution in [-0.2, 0) is 26.0 Å². The van der Waals surface area contributed by atoms with E-state index in [-0.39, 0.29) is 24.1 Å². The molecule has 1 aliphatic heterocycles. The summed E-state index contributed by atoms with van der Waals surface area (Å²) in [6, 6.07) is 3.80. The highest BCUT2D eigenvalue weighted by atomic mass is 32.1. The number of benzene rings is 1. The van der Waals surface area contributed by atoms with E-state index in [4.69, 9.17) is 0 Å². The predicted molar refractivity (Wildman–Crippen MR) is 115 cm³/mol. The summed E-state index contributed by atoms with van der Waals surface area (Å²) in [5.41, 5.74) is -1.72. The second-order valence-corrected chi connectivity index (χ2v) is 9.71. The van der Waals surface area contributed by atoms with Gasteiger partial charge in [-0.25, -0.2) is 4.98 Å². The van der Waals surface area contributed by atoms with E-state index in [1.54, 1.807) is 14.0 Å². The van der Waals surface area contributed by atoms with Crippen LogP contribution in [0.3, 0.4) is 0 Å². The Morgan fingerprint density at radius 1 is 1.33 bits per heavy atom. The molecule has 2 fully saturated rings. The maximum absolute atomic E-state index is 13.5. The van der Waals surface area contributed by atoms with Crippen molar-refractivity contribution in [3.8, 4) is 0 Å². The number of nitrogens with zero attached hydrogens (tertiary/aromatic N) is 3. The number of carbonyl (C=O) groups excluding carboxylic acids is 3. The van der Waals surface area contributed by atoms with E-state index in [1.807, 2.05) is 12.3 Å². The lowest BCUT2D eigenvalue weighted by Crippen LogP contribution is -2.43. The maximum atomic E-state index is 13.5. The van der Waals surface area contributed by atoms with Gasteiger partial charge in [0.25, 0.3) is 0 Å². The lowest BCUT2D eigenvalue weighted by atomic mass is 9.75. The molecule has 33 heavy (non-hydrogen) atoms. The molecule has 1 aliphatic carbocycles. The first kappa shape index (κ1) is 23.4. The Kier molecular flexibility index (Phi) is 5.84. The molecule has 1 saturated heterocycles. The fourth-order valence-corrected chi connectivity index (χ4v) is 5.15. The van der Waals surface area contributed by atoms with Crippen LogP contribution in [0.25, 0.3) is 0 Å². The van der Waals surface area contributed by atoms with Crippen molar-refractivity contribution in [2.75, 3.05) is 7.05 Å². The molecule has 0 N–H and O–H groups in total. The number of thiazole rings is 1. The molecule has 4 rings (SSSR count). The fraction of sp³-hybridized carbons (Fsp3) is 0.478. The van der Waals surface area contributed by atoms with Gasteiger partial charge in [-0.3, -0.25) is 19.3 Å². The van der Waals surface area contributed by atoms with Crippen molar-refractivity contribution in [3.05, 3.63) is 51.5 Å². The third kappa shape index (κ3) is 4.28. The van der Waals surface area contributed by atoms with Gasteiger partial charge in [0.15, 0.2) is 0 Å². The molecule has 2 atom stereocenters. The van der Waals surface area contributed by atoms with E-state index in [2.05, 4.69) is 4.98 Å². The quantitative estimate of drug-likeness (QED) is 0.581. The van der Waals surface area contributed by atoms with Crippen LogP contribution in [-0.4, -0.2) is 45.6 Å². The minimum atomic E-state index is -4.61. The summed E-state index contributed by atoms with van der Waals surface area (Å²) < 4.78 is 40.2. The van der Waals surface area contributed by atoms with Crippen LogP contribution in [0.4, 0.5) is 13.2 Å². The summed E-state index contributed by atoms with van der Waals surface area (Å²) in [6.45, 7) is 3.64. The average Bonchev–Trinajstić information content (AvgIpc) is 3.44. The fourth-order valence-electron chi connectivity index (χ4n) is 4.25. The first-order valence-electron chi connectivity index (χ1n) is 10.7. The highest BCUT2D eigenvalue weighted by Gasteiger charge is 2.57. The molecule has 0 unspecified atom stereocenters. The standard InChI is InChI=1S/C23H24F3N3O3S/c1-13-12-33-20(27-13)14(2)28(3)18(30)10-22(11-19(31)29(21(22)32)17-7-8-17)15-5-4-6-16(9-15)23(24,25)26/h4-6,9,12,14,17H,7-8,10-11H2,1-3H3/t14-,22+/m0/s1. The van der Waals surface area contributed by atoms with E-state index in [0.29, 0.717) is 17.8 Å². The van der Waals surface area contributed by atoms with Gasteiger partial charge in [0.2, 0.25) is 17.7 Å². The monoisotopic (exact) mass is 479 g/mol. The van der Waals surface area contributed by atoms with Crippen molar-refractivity contribution in [1.29, 1.82) is 0 Å². The number of carbonyl (C=O) groups is 3. The number of hydrogen-bond donors (Lipinski definition) is 0. The molecule has 1 aromatic carbocycles. The van der Waals surface area contributed by atoms with Crippen LogP contribution in [0.15, 0.2) is 29.6 Å². The van der Waals surface area contributed by atoms with Crippen molar-refractivity contribution < 1.29 is 27.6 Å². The second kappa shape index (κ2) is 8.23. The van der Waals surface area contributed by atoms with Crippen molar-refractivity contribution >= 4 is 29.1 Å². The molecule has 1 aromatic heterocycles. The zero-order valence-electron chi connectivity index (χ0n) is 18.5. The summed E-state index contributed by atoms with van der Waals surface area (Å²) >= 11 is 1.40. The Balaban J connectivity index is 1.70. The minimum absolute atomic E-state index is 0.0401. The Hall–Kier alpha value is -2.75. The topological polar surface area (TPSA) is 70.6 Å². The average molecular weight is 480 g/mol. The molecule has 3 amide bonds. The maximum Gasteiger partial charge on any atom is 0.416 e. The molecular formula is C23H24F3N3O3S. The second-order valence-electron chi connectivity index (χ2n) is 8.82. The van der Waals surface area contributed by atoms with Crippen molar-refractivity contribution in [3.63, 3.8) is 0 Å². The minimum Gasteiger partial charge on any atom is -0.337 e. The third-order valence-corrected chi connectivity index (χ3v) is 7.56. The Morgan fingerprint density at radius 3 is 2.61 bits per heavy atom. The molecule has 0 radical (unpaired) electrons. The number of hydrogen-bond acceptors (Lipinski definition) is 5. The van der Waals surface area contributed by atoms with Gasteiger partial charge in [-0.15, -0.1) is 11.3 Å². The number of aromatic nitrogens is 1. The lowest BCUT2D eigenvalue weighted by molar-refractivity contribution is -0.143. The van der Waals surface area contributed by atoms with Crippen LogP contribution in [0, 0.1) is 6.92 Å². The van der Waals surface area contributed by atoms with Gasteiger partial charge in [-0.1, -0.05) is 18.2 Å². The first-order chi connectivity index (χ1) is 15.4. The van der Waals surface area contributed by atoms with Crippen LogP contribution in [0.2, 0.25) is 0 Å². The predicted octanol–water partition coefficient (Wildman–Crippen LogP) is 4.24. The number of likely N-dealkylation sites (tertiary alicyclic amines) is 1. The number of rotatable bonds is 6. The Morgan fingerprint density at radius 2 is 2.03 bits per heavy atom. The Labute approximate surface area is 193 Å². The molecule has 2 aromatic rings. The van der Waals surface area contributed by atoms with Gasteiger partial charge in [0, 0.05) is 37.0 Å². The SMILES string of the molecule is Cc1csc([C@H](C)N(C)C(=O)C[C@]2(c3cccc(C(F)(F)F)c3)CC(=O)N(C3CC3)C2=O)n1. The third-order valence-electron chi connectivity index (χ3n) is 6.43. The number of imide groups is 1. The normalized spacial score (nSPS) is 22.1. The molecule has 176 valence electrons. The highest BCUT2D eigenvalue weighted by Crippen LogP contribution is 2.45. The number of halogens is 3. The molecule has 2 heterocycles. The summed E-state index contributed by atoms with van der Waals surface area (Å²) in [5, 5.41) is 2.57. The lowest BCUT2D eigenvalue weighted by Gasteiger charge is -2.31. The van der Waals surface area contributed by atoms with E-state index in [0.717, 1.165) is 22.7 Å². The number of alkyl halides is 3. The van der Waals surface area contributed by atoms with Crippen LogP contribution in [0.5, 0.6) is 0 Å². The van der Waals surface area contributed by atoms with Crippen molar-refractivity contribution in [2.24, 2.45) is 0 Å². The van der Waals surface area contributed by atoms with Crippen molar-refractivity contribution in [2.45, 2.75) is 63.2 Å². The van der Waals surface area contributed by atoms with Gasteiger partial charge in [0.1, 0.15) is 5.01 Å². The summed E-state index contributed by atoms with van der Waals surface area (Å²) in [6.07, 6.45) is -3.99. The molecule has 6 nitrogen and oxygen atoms in total. The van der Waals surface area contributed by atoms with E-state index >= 15 is 0 Å². The number of amides is 3. The van der Waals surface area contributed by atoms with E-state index in [9.17, 15) is 27.6 Å². The first-order valence-corrected chi connectivity index (χ1v) is 11.5. The molecule has 10 heteroatoms. The van der Waals surface area contributed by atoms with Crippen LogP contribution >= 0.6 is 11.3 Å². The zero-order valence-corrected chi connectivity index (χ0v) is 19.3.